The van der Waals surface area contributed by atoms with E-state index < -0.39 is 0 Å². The van der Waals surface area contributed by atoms with Crippen LogP contribution in [0, 0.1) is 0 Å². The number of benzene rings is 2. The highest BCUT2D eigenvalue weighted by Crippen LogP contribution is 2.28. The van der Waals surface area contributed by atoms with E-state index in [4.69, 9.17) is 9.73 Å². The van der Waals surface area contributed by atoms with Crippen LogP contribution in [0.3, 0.4) is 0 Å². The predicted molar refractivity (Wildman–Crippen MR) is 103 cm³/mol. The fourth-order valence-corrected chi connectivity index (χ4v) is 3.51. The van der Waals surface area contributed by atoms with Crippen LogP contribution in [0.4, 0.5) is 5.69 Å². The molecule has 1 saturated heterocycles. The first-order valence-corrected chi connectivity index (χ1v) is 8.78. The van der Waals surface area contributed by atoms with E-state index in [1.54, 1.807) is 7.11 Å². The van der Waals surface area contributed by atoms with Gasteiger partial charge in [-0.05, 0) is 49.2 Å². The molecule has 4 heteroatoms. The zero-order valence-electron chi connectivity index (χ0n) is 14.7. The summed E-state index contributed by atoms with van der Waals surface area (Å²) in [7, 11) is 1.68. The van der Waals surface area contributed by atoms with Crippen molar-refractivity contribution in [2.24, 2.45) is 4.99 Å². The maximum Gasteiger partial charge on any atom is 0.119 e. The van der Waals surface area contributed by atoms with Crippen LogP contribution in [0.25, 0.3) is 10.9 Å². The molecule has 4 nitrogen and oxygen atoms in total. The third kappa shape index (κ3) is 3.12. The molecular weight excluding hydrogens is 310 g/mol. The van der Waals surface area contributed by atoms with Crippen LogP contribution in [-0.2, 0) is 6.54 Å². The molecule has 0 amide bonds. The molecule has 0 spiro atoms. The van der Waals surface area contributed by atoms with Crippen molar-refractivity contribution in [2.75, 3.05) is 7.11 Å². The summed E-state index contributed by atoms with van der Waals surface area (Å²) in [5, 5.41) is 1.30. The Morgan fingerprint density at radius 1 is 1.16 bits per heavy atom. The predicted octanol–water partition coefficient (Wildman–Crippen LogP) is 4.89. The van der Waals surface area contributed by atoms with Gasteiger partial charge in [0.25, 0.3) is 0 Å². The number of H-pyrrole nitrogens is 1. The molecule has 0 bridgehead atoms. The minimum absolute atomic E-state index is 0.505. The van der Waals surface area contributed by atoms with Crippen LogP contribution in [0.1, 0.15) is 25.3 Å². The second-order valence-corrected chi connectivity index (χ2v) is 6.60. The lowest BCUT2D eigenvalue weighted by Crippen LogP contribution is -2.30. The number of para-hydroxylation sites is 1. The summed E-state index contributed by atoms with van der Waals surface area (Å²) < 4.78 is 5.23. The Hall–Kier alpha value is -2.75. The molecule has 0 radical (unpaired) electrons. The fourth-order valence-electron chi connectivity index (χ4n) is 3.51. The van der Waals surface area contributed by atoms with Gasteiger partial charge in [-0.2, -0.15) is 0 Å². The summed E-state index contributed by atoms with van der Waals surface area (Å²) in [6.07, 6.45) is 4.30. The Balaban J connectivity index is 1.61. The molecule has 0 aliphatic carbocycles. The fraction of sp³-hybridized carbons (Fsp3) is 0.286. The zero-order valence-corrected chi connectivity index (χ0v) is 14.7. The van der Waals surface area contributed by atoms with Crippen LogP contribution in [0.5, 0.6) is 5.75 Å². The SMILES string of the molecule is COc1ccc(/N=C2/CCC(C)N2Cc2c[nH]c3ccccc23)cc1. The van der Waals surface area contributed by atoms with Gasteiger partial charge < -0.3 is 14.6 Å². The summed E-state index contributed by atoms with van der Waals surface area (Å²) >= 11 is 0. The van der Waals surface area contributed by atoms with Crippen molar-refractivity contribution in [1.82, 2.24) is 9.88 Å². The average molecular weight is 333 g/mol. The molecule has 1 unspecified atom stereocenters. The summed E-state index contributed by atoms with van der Waals surface area (Å²) in [5.74, 6) is 2.03. The maximum absolute atomic E-state index is 5.23. The third-order valence-electron chi connectivity index (χ3n) is 5.00. The number of amidine groups is 1. The highest BCUT2D eigenvalue weighted by molar-refractivity contribution is 5.88. The van der Waals surface area contributed by atoms with Gasteiger partial charge in [-0.25, -0.2) is 4.99 Å². The highest BCUT2D eigenvalue weighted by atomic mass is 16.5. The van der Waals surface area contributed by atoms with Crippen molar-refractivity contribution in [1.29, 1.82) is 0 Å². The second kappa shape index (κ2) is 6.63. The number of rotatable bonds is 4. The van der Waals surface area contributed by atoms with E-state index in [-0.39, 0.29) is 0 Å². The minimum Gasteiger partial charge on any atom is -0.497 e. The van der Waals surface area contributed by atoms with Crippen LogP contribution in [-0.4, -0.2) is 28.9 Å². The van der Waals surface area contributed by atoms with Crippen molar-refractivity contribution in [2.45, 2.75) is 32.4 Å². The van der Waals surface area contributed by atoms with Gasteiger partial charge in [-0.3, -0.25) is 0 Å². The Morgan fingerprint density at radius 2 is 1.96 bits per heavy atom. The lowest BCUT2D eigenvalue weighted by atomic mass is 10.1. The van der Waals surface area contributed by atoms with E-state index in [9.17, 15) is 0 Å². The molecular formula is C21H23N3O. The molecule has 25 heavy (non-hydrogen) atoms. The number of fused-ring (bicyclic) bond motifs is 1. The first-order chi connectivity index (χ1) is 12.2. The second-order valence-electron chi connectivity index (χ2n) is 6.60. The van der Waals surface area contributed by atoms with Crippen molar-refractivity contribution in [3.63, 3.8) is 0 Å². The van der Waals surface area contributed by atoms with Gasteiger partial charge in [0.15, 0.2) is 0 Å². The van der Waals surface area contributed by atoms with E-state index in [0.29, 0.717) is 6.04 Å². The lowest BCUT2D eigenvalue weighted by molar-refractivity contribution is 0.351. The van der Waals surface area contributed by atoms with Gasteiger partial charge >= 0.3 is 0 Å². The number of aromatic amines is 1. The van der Waals surface area contributed by atoms with Crippen molar-refractivity contribution in [3.8, 4) is 5.75 Å². The Morgan fingerprint density at radius 3 is 2.76 bits per heavy atom. The molecule has 128 valence electrons. The lowest BCUT2D eigenvalue weighted by Gasteiger charge is -2.24. The van der Waals surface area contributed by atoms with Gasteiger partial charge in [0.1, 0.15) is 11.6 Å². The molecule has 0 saturated carbocycles. The Kier molecular flexibility index (Phi) is 4.18. The van der Waals surface area contributed by atoms with Crippen molar-refractivity contribution >= 4 is 22.4 Å². The molecule has 1 aromatic heterocycles. The number of nitrogens with zero attached hydrogens (tertiary/aromatic N) is 2. The molecule has 3 aromatic rings. The molecule has 1 fully saturated rings. The van der Waals surface area contributed by atoms with E-state index in [2.05, 4.69) is 47.3 Å². The van der Waals surface area contributed by atoms with E-state index >= 15 is 0 Å². The van der Waals surface area contributed by atoms with Crippen LogP contribution < -0.4 is 4.74 Å². The monoisotopic (exact) mass is 333 g/mol. The van der Waals surface area contributed by atoms with Crippen molar-refractivity contribution < 1.29 is 4.74 Å². The van der Waals surface area contributed by atoms with Gasteiger partial charge in [0, 0.05) is 36.1 Å². The summed E-state index contributed by atoms with van der Waals surface area (Å²) in [5.41, 5.74) is 3.50. The molecule has 1 atom stereocenters. The number of methoxy groups -OCH3 is 1. The number of hydrogen-bond acceptors (Lipinski definition) is 2. The highest BCUT2D eigenvalue weighted by Gasteiger charge is 2.26. The first kappa shape index (κ1) is 15.8. The molecule has 1 aliphatic heterocycles. The standard InChI is InChI=1S/C21H23N3O/c1-15-7-12-21(23-17-8-10-18(25-2)11-9-17)24(15)14-16-13-22-20-6-4-3-5-19(16)20/h3-6,8-11,13,15,22H,7,12,14H2,1-2H3/b23-21-. The smallest absolute Gasteiger partial charge is 0.119 e. The summed E-state index contributed by atoms with van der Waals surface area (Å²) in [6.45, 7) is 3.17. The van der Waals surface area contributed by atoms with Crippen LogP contribution in [0.15, 0.2) is 59.7 Å². The van der Waals surface area contributed by atoms with Crippen LogP contribution >= 0.6 is 0 Å². The topological polar surface area (TPSA) is 40.6 Å². The van der Waals surface area contributed by atoms with Gasteiger partial charge in [-0.15, -0.1) is 0 Å². The number of aliphatic imine (C=N–C) groups is 1. The Labute approximate surface area is 148 Å². The number of likely N-dealkylation sites (tertiary alicyclic amines) is 1. The molecule has 1 N–H and O–H groups in total. The van der Waals surface area contributed by atoms with E-state index in [1.807, 2.05) is 24.3 Å². The zero-order chi connectivity index (χ0) is 17.2. The average Bonchev–Trinajstić information content (AvgIpc) is 3.21. The van der Waals surface area contributed by atoms with E-state index in [1.165, 1.54) is 22.3 Å². The quantitative estimate of drug-likeness (QED) is 0.738. The molecule has 1 aliphatic rings. The van der Waals surface area contributed by atoms with Gasteiger partial charge in [0.05, 0.1) is 12.8 Å². The number of aromatic nitrogens is 1. The largest absolute Gasteiger partial charge is 0.497 e. The number of nitrogens with one attached hydrogen (secondary N) is 1. The summed E-state index contributed by atoms with van der Waals surface area (Å²) in [6, 6.07) is 16.9. The van der Waals surface area contributed by atoms with Gasteiger partial charge in [0.2, 0.25) is 0 Å². The number of hydrogen-bond donors (Lipinski definition) is 1. The molecule has 2 heterocycles. The summed E-state index contributed by atoms with van der Waals surface area (Å²) in [4.78, 5) is 10.7. The van der Waals surface area contributed by atoms with Crippen LogP contribution in [0.2, 0.25) is 0 Å². The normalized spacial score (nSPS) is 19.0. The van der Waals surface area contributed by atoms with Crippen molar-refractivity contribution in [3.05, 3.63) is 60.3 Å². The number of ether oxygens (including phenoxy) is 1. The third-order valence-corrected chi connectivity index (χ3v) is 5.00. The Bertz CT molecular complexity index is 895. The van der Waals surface area contributed by atoms with E-state index in [0.717, 1.165) is 30.8 Å². The first-order valence-electron chi connectivity index (χ1n) is 8.78. The molecule has 4 rings (SSSR count). The molecule has 2 aromatic carbocycles. The maximum atomic E-state index is 5.23. The van der Waals surface area contributed by atoms with Gasteiger partial charge in [-0.1, -0.05) is 18.2 Å². The minimum atomic E-state index is 0.505.